The van der Waals surface area contributed by atoms with E-state index in [2.05, 4.69) is 4.98 Å². The van der Waals surface area contributed by atoms with Crippen molar-refractivity contribution in [1.82, 2.24) is 28.7 Å². The molecule has 2 atom stereocenters. The minimum Gasteiger partial charge on any atom is -0.486 e. The van der Waals surface area contributed by atoms with Crippen molar-refractivity contribution >= 4 is 28.9 Å². The highest BCUT2D eigenvalue weighted by Gasteiger charge is 2.27. The summed E-state index contributed by atoms with van der Waals surface area (Å²) >= 11 is 1.31. The van der Waals surface area contributed by atoms with Gasteiger partial charge in [0.2, 0.25) is 17.4 Å². The molecule has 0 spiro atoms. The zero-order valence-corrected chi connectivity index (χ0v) is 26.4. The van der Waals surface area contributed by atoms with E-state index in [1.54, 1.807) is 48.2 Å². The van der Waals surface area contributed by atoms with Crippen LogP contribution in [0.25, 0.3) is 16.5 Å². The van der Waals surface area contributed by atoms with E-state index in [0.29, 0.717) is 42.5 Å². The largest absolute Gasteiger partial charge is 0.486 e. The molecule has 1 aliphatic rings. The molecule has 13 heteroatoms. The van der Waals surface area contributed by atoms with Crippen LogP contribution < -0.4 is 10.3 Å². The first-order chi connectivity index (χ1) is 21.0. The van der Waals surface area contributed by atoms with Gasteiger partial charge in [-0.25, -0.2) is 18.8 Å². The molecule has 44 heavy (non-hydrogen) atoms. The van der Waals surface area contributed by atoms with E-state index in [0.717, 1.165) is 17.7 Å². The van der Waals surface area contributed by atoms with Gasteiger partial charge in [0.1, 0.15) is 17.4 Å². The van der Waals surface area contributed by atoms with Crippen LogP contribution in [-0.4, -0.2) is 86.5 Å². The fourth-order valence-electron chi connectivity index (χ4n) is 5.23. The normalized spacial score (nSPS) is 16.8. The van der Waals surface area contributed by atoms with Crippen LogP contribution in [0.3, 0.4) is 0 Å². The summed E-state index contributed by atoms with van der Waals surface area (Å²) < 4.78 is 28.8. The number of thiazole rings is 1. The SMILES string of the molecule is CCCCOc1c(-c2ncc(Cc3ccc(F)cc3C(=O)N(C)C)s2)nc2n(CC(=O)N3C[C@H](C)O[C@@H](C)C3)ccn2c1=O. The number of benzene rings is 1. The molecule has 0 bridgehead atoms. The predicted molar refractivity (Wildman–Crippen MR) is 165 cm³/mol. The molecule has 0 unspecified atom stereocenters. The molecule has 11 nitrogen and oxygen atoms in total. The lowest BCUT2D eigenvalue weighted by molar-refractivity contribution is -0.143. The molecule has 2 amide bonds. The number of ether oxygens (including phenoxy) is 2. The number of hydrogen-bond donors (Lipinski definition) is 0. The molecule has 1 fully saturated rings. The van der Waals surface area contributed by atoms with E-state index in [1.165, 1.54) is 32.8 Å². The van der Waals surface area contributed by atoms with Crippen LogP contribution in [0.15, 0.2) is 41.6 Å². The molecule has 0 N–H and O–H groups in total. The maximum absolute atomic E-state index is 14.0. The van der Waals surface area contributed by atoms with Gasteiger partial charge in [-0.2, -0.15) is 0 Å². The zero-order valence-electron chi connectivity index (χ0n) is 25.6. The Balaban J connectivity index is 1.50. The molecule has 3 aromatic heterocycles. The lowest BCUT2D eigenvalue weighted by Gasteiger charge is -2.35. The van der Waals surface area contributed by atoms with Crippen molar-refractivity contribution in [2.75, 3.05) is 33.8 Å². The standard InChI is InChI=1S/C31H37FN6O5S/c1-6-7-12-42-27-26(28-33-15-23(44-28)13-21-8-9-22(32)14-24(21)29(40)35(4)5)34-31-36(10-11-38(31)30(27)41)18-25(39)37-16-19(2)43-20(3)17-37/h8-11,14-15,19-20H,6-7,12-13,16-18H2,1-5H3/t19-,20-/m0/s1. The highest BCUT2D eigenvalue weighted by molar-refractivity contribution is 7.15. The lowest BCUT2D eigenvalue weighted by Crippen LogP contribution is -2.49. The van der Waals surface area contributed by atoms with E-state index in [9.17, 15) is 18.8 Å². The summed E-state index contributed by atoms with van der Waals surface area (Å²) in [5.74, 6) is -0.503. The second kappa shape index (κ2) is 13.3. The van der Waals surface area contributed by atoms with Crippen molar-refractivity contribution in [3.63, 3.8) is 0 Å². The molecule has 234 valence electrons. The molecule has 1 aliphatic heterocycles. The fourth-order valence-corrected chi connectivity index (χ4v) is 6.15. The van der Waals surface area contributed by atoms with Gasteiger partial charge in [0, 0.05) is 62.6 Å². The van der Waals surface area contributed by atoms with Gasteiger partial charge in [0.05, 0.1) is 18.8 Å². The highest BCUT2D eigenvalue weighted by Crippen LogP contribution is 2.32. The minimum atomic E-state index is -0.491. The Morgan fingerprint density at radius 2 is 1.93 bits per heavy atom. The Kier molecular flexibility index (Phi) is 9.45. The first-order valence-corrected chi connectivity index (χ1v) is 15.5. The van der Waals surface area contributed by atoms with Crippen molar-refractivity contribution in [2.24, 2.45) is 0 Å². The van der Waals surface area contributed by atoms with Crippen molar-refractivity contribution in [1.29, 1.82) is 0 Å². The summed E-state index contributed by atoms with van der Waals surface area (Å²) in [6.45, 7) is 7.24. The maximum Gasteiger partial charge on any atom is 0.302 e. The van der Waals surface area contributed by atoms with E-state index < -0.39 is 11.4 Å². The average molecular weight is 625 g/mol. The van der Waals surface area contributed by atoms with Crippen molar-refractivity contribution in [3.8, 4) is 16.5 Å². The summed E-state index contributed by atoms with van der Waals surface area (Å²) in [6.07, 6.45) is 6.76. The first-order valence-electron chi connectivity index (χ1n) is 14.7. The number of carbonyl (C=O) groups excluding carboxylic acids is 2. The van der Waals surface area contributed by atoms with Crippen LogP contribution in [0.1, 0.15) is 54.4 Å². The number of hydrogen-bond acceptors (Lipinski definition) is 8. The number of fused-ring (bicyclic) bond motifs is 1. The van der Waals surface area contributed by atoms with Gasteiger partial charge in [-0.05, 0) is 38.0 Å². The Morgan fingerprint density at radius 1 is 1.18 bits per heavy atom. The Morgan fingerprint density at radius 3 is 2.64 bits per heavy atom. The predicted octanol–water partition coefficient (Wildman–Crippen LogP) is 3.87. The summed E-state index contributed by atoms with van der Waals surface area (Å²) in [7, 11) is 3.24. The Bertz CT molecular complexity index is 1720. The quantitative estimate of drug-likeness (QED) is 0.247. The topological polar surface area (TPSA) is 111 Å². The van der Waals surface area contributed by atoms with E-state index in [-0.39, 0.29) is 47.6 Å². The van der Waals surface area contributed by atoms with Crippen LogP contribution in [-0.2, 0) is 22.5 Å². The van der Waals surface area contributed by atoms with Crippen LogP contribution in [0.5, 0.6) is 5.75 Å². The molecular formula is C31H37FN6O5S. The number of unbranched alkanes of at least 4 members (excludes halogenated alkanes) is 1. The van der Waals surface area contributed by atoms with Crippen molar-refractivity contribution < 1.29 is 23.5 Å². The molecule has 0 radical (unpaired) electrons. The van der Waals surface area contributed by atoms with Gasteiger partial charge < -0.3 is 23.8 Å². The van der Waals surface area contributed by atoms with Gasteiger partial charge in [-0.3, -0.25) is 14.4 Å². The molecule has 1 saturated heterocycles. The maximum atomic E-state index is 14.0. The van der Waals surface area contributed by atoms with E-state index in [4.69, 9.17) is 14.5 Å². The number of imidazole rings is 1. The summed E-state index contributed by atoms with van der Waals surface area (Å²) in [5.41, 5.74) is 0.822. The Hall–Kier alpha value is -4.10. The van der Waals surface area contributed by atoms with Gasteiger partial charge in [0.25, 0.3) is 5.91 Å². The van der Waals surface area contributed by atoms with Crippen LogP contribution in [0.2, 0.25) is 0 Å². The molecule has 4 aromatic rings. The number of rotatable bonds is 10. The molecule has 4 heterocycles. The van der Waals surface area contributed by atoms with Crippen molar-refractivity contribution in [2.45, 2.75) is 58.8 Å². The van der Waals surface area contributed by atoms with Crippen LogP contribution in [0.4, 0.5) is 4.39 Å². The third-order valence-corrected chi connectivity index (χ3v) is 8.36. The van der Waals surface area contributed by atoms with Crippen LogP contribution in [0, 0.1) is 5.82 Å². The molecule has 0 saturated carbocycles. The van der Waals surface area contributed by atoms with E-state index >= 15 is 0 Å². The third-order valence-electron chi connectivity index (χ3n) is 7.36. The summed E-state index contributed by atoms with van der Waals surface area (Å²) in [4.78, 5) is 53.0. The number of nitrogens with zero attached hydrogens (tertiary/aromatic N) is 6. The minimum absolute atomic E-state index is 0.00816. The van der Waals surface area contributed by atoms with Gasteiger partial charge in [-0.1, -0.05) is 19.4 Å². The lowest BCUT2D eigenvalue weighted by atomic mass is 10.0. The average Bonchev–Trinajstić information content (AvgIpc) is 3.61. The smallest absolute Gasteiger partial charge is 0.302 e. The zero-order chi connectivity index (χ0) is 31.5. The first kappa shape index (κ1) is 31.3. The third kappa shape index (κ3) is 6.68. The van der Waals surface area contributed by atoms with Crippen LogP contribution >= 0.6 is 11.3 Å². The molecule has 5 rings (SSSR count). The molecule has 0 aliphatic carbocycles. The molecular weight excluding hydrogens is 587 g/mol. The fraction of sp³-hybridized carbons (Fsp3) is 0.452. The Labute approximate surface area is 258 Å². The van der Waals surface area contributed by atoms with Gasteiger partial charge >= 0.3 is 5.56 Å². The second-order valence-electron chi connectivity index (χ2n) is 11.3. The number of aromatic nitrogens is 4. The summed E-state index contributed by atoms with van der Waals surface area (Å²) in [5, 5.41) is 0.462. The number of morpholine rings is 1. The number of halogens is 1. The summed E-state index contributed by atoms with van der Waals surface area (Å²) in [6, 6.07) is 4.16. The highest BCUT2D eigenvalue weighted by atomic mass is 32.1. The second-order valence-corrected chi connectivity index (χ2v) is 12.4. The number of amides is 2. The van der Waals surface area contributed by atoms with Crippen molar-refractivity contribution in [3.05, 3.63) is 69.0 Å². The molecule has 1 aromatic carbocycles. The number of carbonyl (C=O) groups is 2. The van der Waals surface area contributed by atoms with Gasteiger partial charge in [-0.15, -0.1) is 11.3 Å². The van der Waals surface area contributed by atoms with E-state index in [1.807, 2.05) is 20.8 Å². The monoisotopic (exact) mass is 624 g/mol. The van der Waals surface area contributed by atoms with Gasteiger partial charge in [0.15, 0.2) is 5.69 Å².